The summed E-state index contributed by atoms with van der Waals surface area (Å²) in [4.78, 5) is 16.4. The summed E-state index contributed by atoms with van der Waals surface area (Å²) in [6.45, 7) is 2.71. The van der Waals surface area contributed by atoms with Gasteiger partial charge in [-0.25, -0.2) is 4.39 Å². The Kier molecular flexibility index (Phi) is 5.07. The third-order valence-electron chi connectivity index (χ3n) is 4.42. The number of ether oxygens (including phenoxy) is 1. The van der Waals surface area contributed by atoms with E-state index in [2.05, 4.69) is 4.90 Å². The van der Waals surface area contributed by atoms with Crippen LogP contribution in [0, 0.1) is 5.82 Å². The van der Waals surface area contributed by atoms with E-state index in [0.717, 1.165) is 18.8 Å². The van der Waals surface area contributed by atoms with Crippen molar-refractivity contribution < 1.29 is 19.0 Å². The van der Waals surface area contributed by atoms with Crippen molar-refractivity contribution in [2.75, 3.05) is 38.2 Å². The van der Waals surface area contributed by atoms with Crippen LogP contribution in [0.25, 0.3) is 0 Å². The molecular formula is C19H21FN2O3. The molecule has 1 N–H and O–H groups in total. The van der Waals surface area contributed by atoms with Gasteiger partial charge in [0.15, 0.2) is 11.6 Å². The number of carbonyl (C=O) groups is 1. The van der Waals surface area contributed by atoms with Crippen LogP contribution in [-0.2, 0) is 11.2 Å². The maximum Gasteiger partial charge on any atom is 0.227 e. The Morgan fingerprint density at radius 2 is 1.80 bits per heavy atom. The number of anilines is 1. The first-order valence-electron chi connectivity index (χ1n) is 8.21. The molecule has 0 unspecified atom stereocenters. The number of hydrogen-bond acceptors (Lipinski definition) is 4. The first kappa shape index (κ1) is 17.1. The van der Waals surface area contributed by atoms with Gasteiger partial charge in [-0.15, -0.1) is 0 Å². The summed E-state index contributed by atoms with van der Waals surface area (Å²) in [5.74, 6) is -0.0390. The monoisotopic (exact) mass is 344 g/mol. The molecule has 1 fully saturated rings. The summed E-state index contributed by atoms with van der Waals surface area (Å²) < 4.78 is 18.6. The molecule has 1 amide bonds. The largest absolute Gasteiger partial charge is 0.508 e. The van der Waals surface area contributed by atoms with Gasteiger partial charge < -0.3 is 19.6 Å². The van der Waals surface area contributed by atoms with Gasteiger partial charge in [0, 0.05) is 31.9 Å². The number of piperazine rings is 1. The zero-order valence-electron chi connectivity index (χ0n) is 14.1. The maximum atomic E-state index is 13.7. The zero-order valence-corrected chi connectivity index (χ0v) is 14.1. The molecule has 1 saturated heterocycles. The van der Waals surface area contributed by atoms with Gasteiger partial charge in [-0.1, -0.05) is 6.07 Å². The van der Waals surface area contributed by atoms with E-state index in [0.29, 0.717) is 18.7 Å². The van der Waals surface area contributed by atoms with Crippen LogP contribution < -0.4 is 9.64 Å². The van der Waals surface area contributed by atoms with Crippen LogP contribution in [0.3, 0.4) is 0 Å². The first-order valence-corrected chi connectivity index (χ1v) is 8.21. The van der Waals surface area contributed by atoms with Gasteiger partial charge in [0.05, 0.1) is 13.5 Å². The highest BCUT2D eigenvalue weighted by Crippen LogP contribution is 2.21. The highest BCUT2D eigenvalue weighted by molar-refractivity contribution is 5.79. The maximum absolute atomic E-state index is 13.7. The third-order valence-corrected chi connectivity index (χ3v) is 4.42. The van der Waals surface area contributed by atoms with E-state index >= 15 is 0 Å². The number of benzene rings is 2. The summed E-state index contributed by atoms with van der Waals surface area (Å²) in [5.41, 5.74) is 1.67. The quantitative estimate of drug-likeness (QED) is 0.926. The summed E-state index contributed by atoms with van der Waals surface area (Å²) in [6.07, 6.45) is 0.181. The van der Waals surface area contributed by atoms with Crippen molar-refractivity contribution in [1.29, 1.82) is 0 Å². The minimum absolute atomic E-state index is 0.00470. The summed E-state index contributed by atoms with van der Waals surface area (Å²) in [6, 6.07) is 11.7. The van der Waals surface area contributed by atoms with Crippen LogP contribution in [0.2, 0.25) is 0 Å². The van der Waals surface area contributed by atoms with E-state index in [-0.39, 0.29) is 23.8 Å². The lowest BCUT2D eigenvalue weighted by Gasteiger charge is -2.36. The lowest BCUT2D eigenvalue weighted by molar-refractivity contribution is -0.130. The molecule has 132 valence electrons. The molecule has 1 aliphatic rings. The van der Waals surface area contributed by atoms with Crippen molar-refractivity contribution in [2.24, 2.45) is 0 Å². The summed E-state index contributed by atoms with van der Waals surface area (Å²) >= 11 is 0. The highest BCUT2D eigenvalue weighted by atomic mass is 19.1. The fourth-order valence-electron chi connectivity index (χ4n) is 2.98. The van der Waals surface area contributed by atoms with Gasteiger partial charge in [0.1, 0.15) is 5.75 Å². The zero-order chi connectivity index (χ0) is 17.8. The standard InChI is InChI=1S/C19H21FN2O3/c1-25-18-7-2-14(12-17(18)20)13-19(24)22-10-8-21(9-11-22)15-3-5-16(23)6-4-15/h2-7,12,23H,8-11,13H2,1H3. The molecule has 5 nitrogen and oxygen atoms in total. The molecule has 25 heavy (non-hydrogen) atoms. The molecule has 0 aliphatic carbocycles. The minimum Gasteiger partial charge on any atom is -0.508 e. The van der Waals surface area contributed by atoms with Crippen LogP contribution in [-0.4, -0.2) is 49.2 Å². The van der Waals surface area contributed by atoms with E-state index in [1.54, 1.807) is 29.2 Å². The Morgan fingerprint density at radius 3 is 2.40 bits per heavy atom. The number of rotatable bonds is 4. The molecule has 0 spiro atoms. The Morgan fingerprint density at radius 1 is 1.12 bits per heavy atom. The number of methoxy groups -OCH3 is 1. The molecule has 6 heteroatoms. The molecular weight excluding hydrogens is 323 g/mol. The lowest BCUT2D eigenvalue weighted by atomic mass is 10.1. The van der Waals surface area contributed by atoms with Crippen LogP contribution in [0.4, 0.5) is 10.1 Å². The summed E-state index contributed by atoms with van der Waals surface area (Å²) in [7, 11) is 1.41. The number of amides is 1. The van der Waals surface area contributed by atoms with Crippen molar-refractivity contribution in [2.45, 2.75) is 6.42 Å². The SMILES string of the molecule is COc1ccc(CC(=O)N2CCN(c3ccc(O)cc3)CC2)cc1F. The van der Waals surface area contributed by atoms with Crippen LogP contribution in [0.15, 0.2) is 42.5 Å². The van der Waals surface area contributed by atoms with Crippen LogP contribution in [0.1, 0.15) is 5.56 Å². The van der Waals surface area contributed by atoms with E-state index in [1.807, 2.05) is 12.1 Å². The smallest absolute Gasteiger partial charge is 0.227 e. The average Bonchev–Trinajstić information content (AvgIpc) is 2.63. The second kappa shape index (κ2) is 7.42. The molecule has 2 aromatic rings. The summed E-state index contributed by atoms with van der Waals surface area (Å²) in [5, 5.41) is 9.36. The topological polar surface area (TPSA) is 53.0 Å². The predicted octanol–water partition coefficient (Wildman–Crippen LogP) is 2.43. The Labute approximate surface area is 146 Å². The molecule has 3 rings (SSSR count). The van der Waals surface area contributed by atoms with Crippen molar-refractivity contribution in [3.8, 4) is 11.5 Å². The normalized spacial score (nSPS) is 14.5. The Bertz CT molecular complexity index is 741. The number of carbonyl (C=O) groups excluding carboxylic acids is 1. The second-order valence-electron chi connectivity index (χ2n) is 6.03. The van der Waals surface area contributed by atoms with E-state index in [4.69, 9.17) is 4.74 Å². The molecule has 1 heterocycles. The fraction of sp³-hybridized carbons (Fsp3) is 0.316. The van der Waals surface area contributed by atoms with Gasteiger partial charge in [-0.2, -0.15) is 0 Å². The van der Waals surface area contributed by atoms with E-state index in [9.17, 15) is 14.3 Å². The van der Waals surface area contributed by atoms with Crippen molar-refractivity contribution in [3.63, 3.8) is 0 Å². The molecule has 2 aromatic carbocycles. The first-order chi connectivity index (χ1) is 12.1. The Balaban J connectivity index is 1.56. The number of aromatic hydroxyl groups is 1. The molecule has 1 aliphatic heterocycles. The van der Waals surface area contributed by atoms with Crippen molar-refractivity contribution in [3.05, 3.63) is 53.8 Å². The van der Waals surface area contributed by atoms with Gasteiger partial charge >= 0.3 is 0 Å². The van der Waals surface area contributed by atoms with Crippen molar-refractivity contribution >= 4 is 11.6 Å². The van der Waals surface area contributed by atoms with Gasteiger partial charge in [0.25, 0.3) is 0 Å². The molecule has 0 radical (unpaired) electrons. The molecule has 0 atom stereocenters. The van der Waals surface area contributed by atoms with E-state index < -0.39 is 5.82 Å². The predicted molar refractivity (Wildman–Crippen MR) is 93.6 cm³/mol. The average molecular weight is 344 g/mol. The van der Waals surface area contributed by atoms with E-state index in [1.165, 1.54) is 13.2 Å². The van der Waals surface area contributed by atoms with Crippen molar-refractivity contribution in [1.82, 2.24) is 4.90 Å². The number of phenolic OH excluding ortho intramolecular Hbond substituents is 1. The van der Waals surface area contributed by atoms with Gasteiger partial charge in [0.2, 0.25) is 5.91 Å². The third kappa shape index (κ3) is 4.02. The molecule has 0 aromatic heterocycles. The minimum atomic E-state index is -0.454. The second-order valence-corrected chi connectivity index (χ2v) is 6.03. The van der Waals surface area contributed by atoms with Crippen LogP contribution >= 0.6 is 0 Å². The number of hydrogen-bond donors (Lipinski definition) is 1. The van der Waals surface area contributed by atoms with Gasteiger partial charge in [-0.05, 0) is 42.0 Å². The number of phenols is 1. The Hall–Kier alpha value is -2.76. The molecule has 0 saturated carbocycles. The van der Waals surface area contributed by atoms with Crippen LogP contribution in [0.5, 0.6) is 11.5 Å². The number of nitrogens with zero attached hydrogens (tertiary/aromatic N) is 2. The van der Waals surface area contributed by atoms with Gasteiger partial charge in [-0.3, -0.25) is 4.79 Å². The fourth-order valence-corrected chi connectivity index (χ4v) is 2.98. The molecule has 0 bridgehead atoms. The highest BCUT2D eigenvalue weighted by Gasteiger charge is 2.21. The lowest BCUT2D eigenvalue weighted by Crippen LogP contribution is -2.49. The number of halogens is 1.